The fraction of sp³-hybridized carbons (Fsp3) is 0.462. The number of aryl methyl sites for hydroxylation is 3. The Morgan fingerprint density at radius 2 is 2.10 bits per heavy atom. The maximum atomic E-state index is 11.9. The molecule has 0 spiro atoms. The molecule has 0 bridgehead atoms. The molecule has 0 unspecified atom stereocenters. The van der Waals surface area contributed by atoms with Gasteiger partial charge in [0.25, 0.3) is 11.5 Å². The lowest BCUT2D eigenvalue weighted by Crippen LogP contribution is -2.26. The van der Waals surface area contributed by atoms with Crippen molar-refractivity contribution >= 4 is 5.91 Å². The fourth-order valence-electron chi connectivity index (χ4n) is 2.18. The fourth-order valence-corrected chi connectivity index (χ4v) is 2.18. The molecule has 2 heterocycles. The average Bonchev–Trinajstić information content (AvgIpc) is 2.84. The molecule has 0 saturated carbocycles. The Balaban J connectivity index is 1.96. The highest BCUT2D eigenvalue weighted by atomic mass is 16.2. The molecule has 0 aliphatic heterocycles. The predicted molar refractivity (Wildman–Crippen MR) is 74.8 cm³/mol. The third-order valence-corrected chi connectivity index (χ3v) is 3.45. The molecule has 2 rings (SSSR count). The van der Waals surface area contributed by atoms with Crippen molar-refractivity contribution in [2.75, 3.05) is 6.54 Å². The number of H-pyrrole nitrogens is 1. The zero-order chi connectivity index (χ0) is 14.9. The topological polar surface area (TPSA) is 84.7 Å². The van der Waals surface area contributed by atoms with Crippen LogP contribution in [-0.2, 0) is 20.5 Å². The van der Waals surface area contributed by atoms with Crippen molar-refractivity contribution in [1.29, 1.82) is 0 Å². The van der Waals surface area contributed by atoms with Gasteiger partial charge in [-0.25, -0.2) is 0 Å². The van der Waals surface area contributed by atoms with Gasteiger partial charge in [0.2, 0.25) is 0 Å². The van der Waals surface area contributed by atoms with E-state index in [2.05, 4.69) is 15.5 Å². The largest absolute Gasteiger partial charge is 0.350 e. The number of carbonyl (C=O) groups is 1. The molecule has 2 N–H and O–H groups in total. The van der Waals surface area contributed by atoms with Gasteiger partial charge in [0.05, 0.1) is 5.69 Å². The minimum Gasteiger partial charge on any atom is -0.350 e. The second kappa shape index (κ2) is 5.36. The molecule has 0 saturated heterocycles. The number of nitrogens with zero attached hydrogens (tertiary/aromatic N) is 3. The van der Waals surface area contributed by atoms with E-state index in [1.165, 1.54) is 10.7 Å². The molecule has 7 nitrogen and oxygen atoms in total. The summed E-state index contributed by atoms with van der Waals surface area (Å²) in [5, 5.41) is 9.82. The van der Waals surface area contributed by atoms with Crippen molar-refractivity contribution in [1.82, 2.24) is 24.9 Å². The predicted octanol–water partition coefficient (Wildman–Crippen LogP) is 0.0362. The van der Waals surface area contributed by atoms with Gasteiger partial charge >= 0.3 is 0 Å². The van der Waals surface area contributed by atoms with Crippen LogP contribution in [0, 0.1) is 13.8 Å². The first-order chi connectivity index (χ1) is 9.40. The highest BCUT2D eigenvalue weighted by Crippen LogP contribution is 2.11. The minimum absolute atomic E-state index is 0.228. The molecular weight excluding hydrogens is 258 g/mol. The number of aromatic amines is 1. The zero-order valence-corrected chi connectivity index (χ0v) is 12.1. The van der Waals surface area contributed by atoms with Gasteiger partial charge in [0.1, 0.15) is 5.69 Å². The van der Waals surface area contributed by atoms with Crippen molar-refractivity contribution in [2.45, 2.75) is 20.3 Å². The number of carbonyl (C=O) groups excluding carboxylic acids is 1. The summed E-state index contributed by atoms with van der Waals surface area (Å²) in [5.74, 6) is -0.276. The Hall–Kier alpha value is -2.31. The Morgan fingerprint density at radius 3 is 2.60 bits per heavy atom. The van der Waals surface area contributed by atoms with E-state index in [4.69, 9.17) is 0 Å². The maximum absolute atomic E-state index is 11.9. The summed E-state index contributed by atoms with van der Waals surface area (Å²) >= 11 is 0. The molecule has 0 fully saturated rings. The van der Waals surface area contributed by atoms with Gasteiger partial charge in [0.15, 0.2) is 0 Å². The van der Waals surface area contributed by atoms with Crippen molar-refractivity contribution in [2.24, 2.45) is 14.1 Å². The standard InChI is InChI=1S/C13H19N5O2/c1-8-10(9(2)17(3)15-8)5-6-14-13(20)11-7-12(19)18(4)16-11/h7,16H,5-6H2,1-4H3,(H,14,20). The van der Waals surface area contributed by atoms with Crippen LogP contribution in [0.2, 0.25) is 0 Å². The first-order valence-electron chi connectivity index (χ1n) is 6.43. The lowest BCUT2D eigenvalue weighted by Gasteiger charge is -2.04. The molecule has 2 aromatic heterocycles. The van der Waals surface area contributed by atoms with Gasteiger partial charge in [-0.15, -0.1) is 0 Å². The van der Waals surface area contributed by atoms with Crippen LogP contribution in [0.25, 0.3) is 0 Å². The summed E-state index contributed by atoms with van der Waals surface area (Å²) in [6, 6.07) is 1.29. The second-order valence-electron chi connectivity index (χ2n) is 4.85. The number of nitrogens with one attached hydrogen (secondary N) is 2. The van der Waals surface area contributed by atoms with Crippen LogP contribution in [0.1, 0.15) is 27.4 Å². The molecule has 0 aromatic carbocycles. The molecule has 7 heteroatoms. The quantitative estimate of drug-likeness (QED) is 0.827. The van der Waals surface area contributed by atoms with Crippen LogP contribution in [0.3, 0.4) is 0 Å². The molecule has 0 aliphatic rings. The first-order valence-corrected chi connectivity index (χ1v) is 6.43. The number of hydrogen-bond donors (Lipinski definition) is 2. The van der Waals surface area contributed by atoms with Gasteiger partial charge in [-0.2, -0.15) is 5.10 Å². The van der Waals surface area contributed by atoms with Crippen LogP contribution in [0.15, 0.2) is 10.9 Å². The van der Waals surface area contributed by atoms with Crippen LogP contribution >= 0.6 is 0 Å². The summed E-state index contributed by atoms with van der Waals surface area (Å²) in [6.45, 7) is 4.47. The van der Waals surface area contributed by atoms with Gasteiger partial charge in [-0.1, -0.05) is 0 Å². The first kappa shape index (κ1) is 14.1. The van der Waals surface area contributed by atoms with Crippen LogP contribution in [-0.4, -0.2) is 32.0 Å². The third kappa shape index (κ3) is 2.66. The molecule has 0 atom stereocenters. The third-order valence-electron chi connectivity index (χ3n) is 3.45. The molecular formula is C13H19N5O2. The van der Waals surface area contributed by atoms with Crippen molar-refractivity contribution in [3.8, 4) is 0 Å². The highest BCUT2D eigenvalue weighted by molar-refractivity contribution is 5.92. The van der Waals surface area contributed by atoms with Crippen LogP contribution in [0.5, 0.6) is 0 Å². The van der Waals surface area contributed by atoms with E-state index in [0.29, 0.717) is 13.0 Å². The van der Waals surface area contributed by atoms with Crippen LogP contribution < -0.4 is 10.9 Å². The molecule has 2 aromatic rings. The average molecular weight is 277 g/mol. The second-order valence-corrected chi connectivity index (χ2v) is 4.85. The number of aromatic nitrogens is 4. The minimum atomic E-state index is -0.276. The summed E-state index contributed by atoms with van der Waals surface area (Å²) in [4.78, 5) is 23.1. The summed E-state index contributed by atoms with van der Waals surface area (Å²) < 4.78 is 3.10. The number of amides is 1. The molecule has 0 radical (unpaired) electrons. The summed E-state index contributed by atoms with van der Waals surface area (Å²) in [6.07, 6.45) is 0.717. The zero-order valence-electron chi connectivity index (χ0n) is 12.1. The monoisotopic (exact) mass is 277 g/mol. The number of rotatable bonds is 4. The Kier molecular flexibility index (Phi) is 3.78. The molecule has 1 amide bonds. The van der Waals surface area contributed by atoms with E-state index >= 15 is 0 Å². The van der Waals surface area contributed by atoms with Crippen LogP contribution in [0.4, 0.5) is 0 Å². The Bertz CT molecular complexity index is 692. The normalized spacial score (nSPS) is 10.8. The van der Waals surface area contributed by atoms with E-state index < -0.39 is 0 Å². The van der Waals surface area contributed by atoms with E-state index in [9.17, 15) is 9.59 Å². The molecule has 0 aliphatic carbocycles. The van der Waals surface area contributed by atoms with Gasteiger partial charge in [-0.3, -0.25) is 24.1 Å². The summed E-state index contributed by atoms with van der Waals surface area (Å²) in [7, 11) is 3.47. The van der Waals surface area contributed by atoms with Crippen molar-refractivity contribution in [3.05, 3.63) is 39.1 Å². The van der Waals surface area contributed by atoms with Gasteiger partial charge in [-0.05, 0) is 25.8 Å². The molecule has 108 valence electrons. The van der Waals surface area contributed by atoms with E-state index in [0.717, 1.165) is 17.0 Å². The smallest absolute Gasteiger partial charge is 0.269 e. The number of hydrogen-bond acceptors (Lipinski definition) is 3. The maximum Gasteiger partial charge on any atom is 0.269 e. The SMILES string of the molecule is Cc1nn(C)c(C)c1CCNC(=O)c1cc(=O)n(C)[nH]1. The van der Waals surface area contributed by atoms with Gasteiger partial charge in [0, 0.05) is 32.4 Å². The van der Waals surface area contributed by atoms with E-state index in [1.54, 1.807) is 7.05 Å². The Labute approximate surface area is 116 Å². The summed E-state index contributed by atoms with van der Waals surface area (Å²) in [5.41, 5.74) is 3.28. The molecule has 20 heavy (non-hydrogen) atoms. The van der Waals surface area contributed by atoms with Crippen molar-refractivity contribution in [3.63, 3.8) is 0 Å². The lowest BCUT2D eigenvalue weighted by molar-refractivity contribution is 0.0948. The van der Waals surface area contributed by atoms with Crippen molar-refractivity contribution < 1.29 is 4.79 Å². The van der Waals surface area contributed by atoms with E-state index in [1.807, 2.05) is 25.6 Å². The van der Waals surface area contributed by atoms with Gasteiger partial charge < -0.3 is 5.32 Å². The van der Waals surface area contributed by atoms with E-state index in [-0.39, 0.29) is 17.2 Å². The highest BCUT2D eigenvalue weighted by Gasteiger charge is 2.12. The lowest BCUT2D eigenvalue weighted by atomic mass is 10.1. The Morgan fingerprint density at radius 1 is 1.40 bits per heavy atom.